The van der Waals surface area contributed by atoms with E-state index in [9.17, 15) is 0 Å². The van der Waals surface area contributed by atoms with Crippen LogP contribution in [0.25, 0.3) is 0 Å². The quantitative estimate of drug-likeness (QED) is 0.926. The van der Waals surface area contributed by atoms with Crippen molar-refractivity contribution in [3.8, 4) is 0 Å². The highest BCUT2D eigenvalue weighted by atomic mass is 15.2. The van der Waals surface area contributed by atoms with Gasteiger partial charge in [0.05, 0.1) is 0 Å². The molecule has 1 N–H and O–H groups in total. The lowest BCUT2D eigenvalue weighted by Crippen LogP contribution is -2.40. The third-order valence-corrected chi connectivity index (χ3v) is 4.66. The van der Waals surface area contributed by atoms with Gasteiger partial charge in [-0.15, -0.1) is 0 Å². The van der Waals surface area contributed by atoms with Crippen LogP contribution in [0.1, 0.15) is 30.5 Å². The van der Waals surface area contributed by atoms with Crippen LogP contribution in [0.5, 0.6) is 0 Å². The smallest absolute Gasteiger partial charge is 0.0320 e. The lowest BCUT2D eigenvalue weighted by Gasteiger charge is -2.30. The first kappa shape index (κ1) is 15.3. The predicted molar refractivity (Wildman–Crippen MR) is 93.0 cm³/mol. The fourth-order valence-electron chi connectivity index (χ4n) is 3.36. The summed E-state index contributed by atoms with van der Waals surface area (Å²) in [5, 5.41) is 3.72. The molecule has 1 aliphatic heterocycles. The van der Waals surface area contributed by atoms with Crippen LogP contribution < -0.4 is 5.32 Å². The Labute approximate surface area is 134 Å². The van der Waals surface area contributed by atoms with E-state index in [1.54, 1.807) is 0 Å². The Bertz CT molecular complexity index is 552. The average Bonchev–Trinajstić information content (AvgIpc) is 2.81. The van der Waals surface area contributed by atoms with Gasteiger partial charge in [0.1, 0.15) is 0 Å². The van der Waals surface area contributed by atoms with Crippen LogP contribution in [0.15, 0.2) is 60.7 Å². The first-order chi connectivity index (χ1) is 10.8. The third kappa shape index (κ3) is 3.96. The van der Waals surface area contributed by atoms with Crippen molar-refractivity contribution in [1.82, 2.24) is 10.2 Å². The largest absolute Gasteiger partial charge is 0.312 e. The fourth-order valence-corrected chi connectivity index (χ4v) is 3.36. The van der Waals surface area contributed by atoms with Crippen LogP contribution in [0.3, 0.4) is 0 Å². The highest BCUT2D eigenvalue weighted by Gasteiger charge is 2.22. The Kier molecular flexibility index (Phi) is 5.25. The summed E-state index contributed by atoms with van der Waals surface area (Å²) in [6.45, 7) is 5.75. The molecule has 22 heavy (non-hydrogen) atoms. The number of benzene rings is 2. The lowest BCUT2D eigenvalue weighted by molar-refractivity contribution is 0.206. The molecular formula is C20H26N2. The van der Waals surface area contributed by atoms with Crippen LogP contribution >= 0.6 is 0 Å². The van der Waals surface area contributed by atoms with Crippen LogP contribution in [0.4, 0.5) is 0 Å². The van der Waals surface area contributed by atoms with E-state index in [4.69, 9.17) is 0 Å². The Hall–Kier alpha value is -1.64. The molecule has 0 amide bonds. The maximum Gasteiger partial charge on any atom is 0.0320 e. The predicted octanol–water partition coefficient (Wildman–Crippen LogP) is 3.65. The van der Waals surface area contributed by atoms with Gasteiger partial charge in [-0.25, -0.2) is 0 Å². The van der Waals surface area contributed by atoms with Gasteiger partial charge in [-0.2, -0.15) is 0 Å². The number of rotatable bonds is 4. The van der Waals surface area contributed by atoms with Gasteiger partial charge < -0.3 is 5.32 Å². The van der Waals surface area contributed by atoms with E-state index in [1.165, 1.54) is 24.1 Å². The Morgan fingerprint density at radius 2 is 1.73 bits per heavy atom. The van der Waals surface area contributed by atoms with Crippen molar-refractivity contribution < 1.29 is 0 Å². The van der Waals surface area contributed by atoms with Crippen LogP contribution in [-0.2, 0) is 6.42 Å². The number of nitrogens with zero attached hydrogens (tertiary/aromatic N) is 1. The van der Waals surface area contributed by atoms with Crippen molar-refractivity contribution in [2.75, 3.05) is 19.6 Å². The van der Waals surface area contributed by atoms with Crippen molar-refractivity contribution in [2.24, 2.45) is 0 Å². The van der Waals surface area contributed by atoms with E-state index in [2.05, 4.69) is 77.8 Å². The molecule has 1 heterocycles. The van der Waals surface area contributed by atoms with Crippen molar-refractivity contribution in [2.45, 2.75) is 31.8 Å². The normalized spacial score (nSPS) is 21.2. The summed E-state index contributed by atoms with van der Waals surface area (Å²) in [5.41, 5.74) is 2.84. The van der Waals surface area contributed by atoms with Crippen molar-refractivity contribution in [1.29, 1.82) is 0 Å². The summed E-state index contributed by atoms with van der Waals surface area (Å²) < 4.78 is 0. The monoisotopic (exact) mass is 294 g/mol. The zero-order valence-corrected chi connectivity index (χ0v) is 13.4. The molecule has 0 aromatic heterocycles. The lowest BCUT2D eigenvalue weighted by atomic mass is 10.0. The van der Waals surface area contributed by atoms with Crippen LogP contribution in [-0.4, -0.2) is 30.6 Å². The second-order valence-corrected chi connectivity index (χ2v) is 6.28. The zero-order valence-electron chi connectivity index (χ0n) is 13.4. The van der Waals surface area contributed by atoms with E-state index in [0.29, 0.717) is 12.1 Å². The molecule has 2 aromatic carbocycles. The minimum atomic E-state index is 0.486. The minimum Gasteiger partial charge on any atom is -0.312 e. The first-order valence-corrected chi connectivity index (χ1v) is 8.39. The molecule has 2 nitrogen and oxygen atoms in total. The van der Waals surface area contributed by atoms with E-state index in [0.717, 1.165) is 19.5 Å². The van der Waals surface area contributed by atoms with Gasteiger partial charge >= 0.3 is 0 Å². The van der Waals surface area contributed by atoms with Gasteiger partial charge in [-0.05, 0) is 37.4 Å². The second kappa shape index (κ2) is 7.57. The maximum atomic E-state index is 3.72. The molecule has 2 unspecified atom stereocenters. The minimum absolute atomic E-state index is 0.486. The second-order valence-electron chi connectivity index (χ2n) is 6.28. The summed E-state index contributed by atoms with van der Waals surface area (Å²) in [7, 11) is 0. The molecule has 0 radical (unpaired) electrons. The molecule has 0 spiro atoms. The number of nitrogens with one attached hydrogen (secondary N) is 1. The summed E-state index contributed by atoms with van der Waals surface area (Å²) in [5.74, 6) is 0. The molecule has 2 aromatic rings. The molecule has 1 saturated heterocycles. The summed E-state index contributed by atoms with van der Waals surface area (Å²) in [6.07, 6.45) is 2.33. The maximum absolute atomic E-state index is 3.72. The molecule has 2 heteroatoms. The third-order valence-electron chi connectivity index (χ3n) is 4.66. The highest BCUT2D eigenvalue weighted by Crippen LogP contribution is 2.22. The Morgan fingerprint density at radius 1 is 1.05 bits per heavy atom. The van der Waals surface area contributed by atoms with Gasteiger partial charge in [-0.3, -0.25) is 4.90 Å². The summed E-state index contributed by atoms with van der Waals surface area (Å²) >= 11 is 0. The van der Waals surface area contributed by atoms with Crippen molar-refractivity contribution >= 4 is 0 Å². The standard InChI is InChI=1S/C20H26N2/c1-17(19-11-6-3-7-12-19)22-14-8-13-21-20(16-22)15-18-9-4-2-5-10-18/h2-7,9-12,17,20-21H,8,13-16H2,1H3. The Balaban J connectivity index is 1.67. The molecule has 0 saturated carbocycles. The molecule has 116 valence electrons. The summed E-state index contributed by atoms with van der Waals surface area (Å²) in [4.78, 5) is 2.63. The molecule has 2 atom stereocenters. The zero-order chi connectivity index (χ0) is 15.2. The van der Waals surface area contributed by atoms with Gasteiger partial charge in [0.15, 0.2) is 0 Å². The SMILES string of the molecule is CC(c1ccccc1)N1CCCNC(Cc2ccccc2)C1. The summed E-state index contributed by atoms with van der Waals surface area (Å²) in [6, 6.07) is 22.7. The molecule has 3 rings (SSSR count). The van der Waals surface area contributed by atoms with E-state index in [-0.39, 0.29) is 0 Å². The number of hydrogen-bond acceptors (Lipinski definition) is 2. The molecular weight excluding hydrogens is 268 g/mol. The van der Waals surface area contributed by atoms with E-state index >= 15 is 0 Å². The first-order valence-electron chi connectivity index (χ1n) is 8.39. The molecule has 1 aliphatic rings. The Morgan fingerprint density at radius 3 is 2.45 bits per heavy atom. The molecule has 0 aliphatic carbocycles. The van der Waals surface area contributed by atoms with Crippen LogP contribution in [0.2, 0.25) is 0 Å². The van der Waals surface area contributed by atoms with E-state index < -0.39 is 0 Å². The van der Waals surface area contributed by atoms with Gasteiger partial charge in [0.25, 0.3) is 0 Å². The fraction of sp³-hybridized carbons (Fsp3) is 0.400. The number of hydrogen-bond donors (Lipinski definition) is 1. The topological polar surface area (TPSA) is 15.3 Å². The van der Waals surface area contributed by atoms with Gasteiger partial charge in [0, 0.05) is 25.2 Å². The molecule has 1 fully saturated rings. The van der Waals surface area contributed by atoms with Gasteiger partial charge in [0.2, 0.25) is 0 Å². The van der Waals surface area contributed by atoms with Crippen molar-refractivity contribution in [3.05, 3.63) is 71.8 Å². The highest BCUT2D eigenvalue weighted by molar-refractivity contribution is 5.19. The molecule has 0 bridgehead atoms. The average molecular weight is 294 g/mol. The van der Waals surface area contributed by atoms with Gasteiger partial charge in [-0.1, -0.05) is 60.7 Å². The van der Waals surface area contributed by atoms with Crippen molar-refractivity contribution in [3.63, 3.8) is 0 Å². The van der Waals surface area contributed by atoms with E-state index in [1.807, 2.05) is 0 Å². The van der Waals surface area contributed by atoms with Crippen LogP contribution in [0, 0.1) is 0 Å².